The number of ketones is 1. The number of Topliss-reactive ketones (excluding diaryl/α,β-unsaturated/α-hetero) is 1. The molecule has 5 aromatic rings. The van der Waals surface area contributed by atoms with Crippen molar-refractivity contribution < 1.29 is 24.2 Å². The van der Waals surface area contributed by atoms with Gasteiger partial charge in [-0.05, 0) is 47.9 Å². The van der Waals surface area contributed by atoms with Crippen molar-refractivity contribution in [2.45, 2.75) is 51.4 Å². The summed E-state index contributed by atoms with van der Waals surface area (Å²) in [7, 11) is 0. The number of hydrogen-bond acceptors (Lipinski definition) is 6. The number of amides is 1. The van der Waals surface area contributed by atoms with Gasteiger partial charge in [0, 0.05) is 23.2 Å². The molecule has 1 fully saturated rings. The van der Waals surface area contributed by atoms with Gasteiger partial charge in [0.15, 0.2) is 12.1 Å². The third-order valence-electron chi connectivity index (χ3n) is 7.71. The first-order valence-corrected chi connectivity index (χ1v) is 14.4. The van der Waals surface area contributed by atoms with Crippen LogP contribution in [0.1, 0.15) is 58.4 Å². The van der Waals surface area contributed by atoms with E-state index in [1.54, 1.807) is 24.3 Å². The Labute approximate surface area is 249 Å². The first kappa shape index (κ1) is 28.5. The van der Waals surface area contributed by atoms with Crippen molar-refractivity contribution in [3.63, 3.8) is 0 Å². The summed E-state index contributed by atoms with van der Waals surface area (Å²) >= 11 is 0. The summed E-state index contributed by atoms with van der Waals surface area (Å²) in [6.07, 6.45) is 1.74. The largest absolute Gasteiger partial charge is 0.392 e. The minimum atomic E-state index is -0.603. The SMILES string of the molecule is CC(=O)c1cccc(NC(=O)Cc2ccc(C3OC(Cn4cnc5ccccc54)CC(c4ccc(CO)cc4)O3)cc2)c1. The molecule has 1 aromatic heterocycles. The molecule has 1 amide bonds. The number of rotatable bonds is 9. The smallest absolute Gasteiger partial charge is 0.228 e. The van der Waals surface area contributed by atoms with Crippen molar-refractivity contribution >= 4 is 28.4 Å². The lowest BCUT2D eigenvalue weighted by atomic mass is 9.99. The predicted molar refractivity (Wildman–Crippen MR) is 163 cm³/mol. The van der Waals surface area contributed by atoms with Crippen LogP contribution in [0.25, 0.3) is 11.0 Å². The predicted octanol–water partition coefficient (Wildman–Crippen LogP) is 6.16. The van der Waals surface area contributed by atoms with Crippen LogP contribution < -0.4 is 5.32 Å². The summed E-state index contributed by atoms with van der Waals surface area (Å²) < 4.78 is 15.1. The van der Waals surface area contributed by atoms with Crippen LogP contribution in [0.15, 0.2) is 103 Å². The maximum Gasteiger partial charge on any atom is 0.228 e. The summed E-state index contributed by atoms with van der Waals surface area (Å²) in [5, 5.41) is 12.4. The van der Waals surface area contributed by atoms with Crippen molar-refractivity contribution in [2.75, 3.05) is 5.32 Å². The van der Waals surface area contributed by atoms with Crippen LogP contribution in [0.5, 0.6) is 0 Å². The van der Waals surface area contributed by atoms with Gasteiger partial charge in [-0.15, -0.1) is 0 Å². The van der Waals surface area contributed by atoms with Gasteiger partial charge in [0.05, 0.1) is 49.1 Å². The third kappa shape index (κ3) is 6.73. The van der Waals surface area contributed by atoms with Crippen molar-refractivity contribution in [2.24, 2.45) is 0 Å². The van der Waals surface area contributed by atoms with E-state index in [4.69, 9.17) is 9.47 Å². The molecule has 3 atom stereocenters. The minimum Gasteiger partial charge on any atom is -0.392 e. The molecule has 0 saturated carbocycles. The van der Waals surface area contributed by atoms with E-state index in [2.05, 4.69) is 20.9 Å². The quantitative estimate of drug-likeness (QED) is 0.204. The number of aliphatic hydroxyl groups excluding tert-OH is 1. The van der Waals surface area contributed by atoms with Gasteiger partial charge in [0.1, 0.15) is 0 Å². The van der Waals surface area contributed by atoms with Gasteiger partial charge in [0.25, 0.3) is 0 Å². The van der Waals surface area contributed by atoms with Gasteiger partial charge < -0.3 is 24.5 Å². The summed E-state index contributed by atoms with van der Waals surface area (Å²) in [6.45, 7) is 2.11. The molecule has 1 saturated heterocycles. The van der Waals surface area contributed by atoms with Gasteiger partial charge in [-0.1, -0.05) is 72.8 Å². The number of aliphatic hydroxyl groups is 1. The average Bonchev–Trinajstić information content (AvgIpc) is 3.44. The molecule has 218 valence electrons. The Hall–Kier alpha value is -4.63. The van der Waals surface area contributed by atoms with Crippen molar-refractivity contribution in [3.8, 4) is 0 Å². The first-order chi connectivity index (χ1) is 20.9. The minimum absolute atomic E-state index is 0.0109. The van der Waals surface area contributed by atoms with E-state index in [1.165, 1.54) is 6.92 Å². The molecule has 1 aliphatic rings. The van der Waals surface area contributed by atoms with Crippen LogP contribution in [-0.4, -0.2) is 32.5 Å². The third-order valence-corrected chi connectivity index (χ3v) is 7.71. The normalized spacial score (nSPS) is 18.4. The second-order valence-corrected chi connectivity index (χ2v) is 10.8. The molecule has 2 N–H and O–H groups in total. The van der Waals surface area contributed by atoms with Crippen LogP contribution >= 0.6 is 0 Å². The number of fused-ring (bicyclic) bond motifs is 1. The summed E-state index contributed by atoms with van der Waals surface area (Å²) in [4.78, 5) is 28.9. The van der Waals surface area contributed by atoms with Crippen molar-refractivity contribution in [3.05, 3.63) is 131 Å². The van der Waals surface area contributed by atoms with Crippen LogP contribution in [0, 0.1) is 0 Å². The highest BCUT2D eigenvalue weighted by molar-refractivity contribution is 5.97. The lowest BCUT2D eigenvalue weighted by Gasteiger charge is -2.36. The summed E-state index contributed by atoms with van der Waals surface area (Å²) in [5.41, 5.74) is 6.70. The number of benzene rings is 4. The van der Waals surface area contributed by atoms with Gasteiger partial charge in [-0.3, -0.25) is 9.59 Å². The Kier molecular flexibility index (Phi) is 8.42. The molecular weight excluding hydrogens is 542 g/mol. The van der Waals surface area contributed by atoms with Gasteiger partial charge in [-0.25, -0.2) is 4.98 Å². The molecule has 2 heterocycles. The van der Waals surface area contributed by atoms with Crippen molar-refractivity contribution in [1.29, 1.82) is 0 Å². The Morgan fingerprint density at radius 3 is 2.42 bits per heavy atom. The van der Waals surface area contributed by atoms with Crippen LogP contribution in [-0.2, 0) is 33.8 Å². The molecule has 8 nitrogen and oxygen atoms in total. The zero-order valence-electron chi connectivity index (χ0n) is 23.9. The Balaban J connectivity index is 1.18. The number of imidazole rings is 1. The number of nitrogens with zero attached hydrogens (tertiary/aromatic N) is 2. The number of anilines is 1. The van der Waals surface area contributed by atoms with Crippen LogP contribution in [0.3, 0.4) is 0 Å². The second-order valence-electron chi connectivity index (χ2n) is 10.8. The molecule has 6 rings (SSSR count). The van der Waals surface area contributed by atoms with Crippen molar-refractivity contribution in [1.82, 2.24) is 9.55 Å². The fourth-order valence-electron chi connectivity index (χ4n) is 5.41. The Morgan fingerprint density at radius 2 is 1.65 bits per heavy atom. The van der Waals surface area contributed by atoms with E-state index in [9.17, 15) is 14.7 Å². The highest BCUT2D eigenvalue weighted by atomic mass is 16.7. The molecule has 3 unspecified atom stereocenters. The van der Waals surface area contributed by atoms with E-state index in [1.807, 2.05) is 73.1 Å². The molecule has 8 heteroatoms. The van der Waals surface area contributed by atoms with E-state index >= 15 is 0 Å². The Morgan fingerprint density at radius 1 is 0.907 bits per heavy atom. The van der Waals surface area contributed by atoms with E-state index in [0.29, 0.717) is 24.2 Å². The molecule has 0 spiro atoms. The Bertz CT molecular complexity index is 1730. The number of carbonyl (C=O) groups is 2. The topological polar surface area (TPSA) is 103 Å². The molecule has 0 bridgehead atoms. The highest BCUT2D eigenvalue weighted by Crippen LogP contribution is 2.38. The maximum absolute atomic E-state index is 12.7. The molecule has 0 aliphatic carbocycles. The number of para-hydroxylation sites is 2. The molecule has 43 heavy (non-hydrogen) atoms. The van der Waals surface area contributed by atoms with E-state index < -0.39 is 6.29 Å². The lowest BCUT2D eigenvalue weighted by molar-refractivity contribution is -0.252. The van der Waals surface area contributed by atoms with Crippen LogP contribution in [0.2, 0.25) is 0 Å². The van der Waals surface area contributed by atoms with E-state index in [-0.39, 0.29) is 36.9 Å². The fraction of sp³-hybridized carbons (Fsp3) is 0.229. The standard InChI is InChI=1S/C35H33N3O5/c1-23(40)28-5-4-6-29(18-28)37-34(41)17-24-9-15-27(16-10-24)35-42-30(20-38-22-36-31-7-2-3-8-32(31)38)19-33(43-35)26-13-11-25(21-39)12-14-26/h2-16,18,22,30,33,35,39H,17,19-21H2,1H3,(H,37,41). The lowest BCUT2D eigenvalue weighted by Crippen LogP contribution is -2.32. The number of aromatic nitrogens is 2. The van der Waals surface area contributed by atoms with Gasteiger partial charge >= 0.3 is 0 Å². The monoisotopic (exact) mass is 575 g/mol. The maximum atomic E-state index is 12.7. The van der Waals surface area contributed by atoms with E-state index in [0.717, 1.165) is 33.3 Å². The molecule has 4 aromatic carbocycles. The number of nitrogens with one attached hydrogen (secondary N) is 1. The number of carbonyl (C=O) groups excluding carboxylic acids is 2. The second kappa shape index (κ2) is 12.7. The average molecular weight is 576 g/mol. The zero-order valence-corrected chi connectivity index (χ0v) is 23.9. The molecular formula is C35H33N3O5. The first-order valence-electron chi connectivity index (χ1n) is 14.4. The molecule has 0 radical (unpaired) electrons. The summed E-state index contributed by atoms with van der Waals surface area (Å²) in [6, 6.07) is 30.5. The number of hydrogen-bond donors (Lipinski definition) is 2. The van der Waals surface area contributed by atoms with Crippen LogP contribution in [0.4, 0.5) is 5.69 Å². The highest BCUT2D eigenvalue weighted by Gasteiger charge is 2.32. The zero-order chi connectivity index (χ0) is 29.8. The fourth-order valence-corrected chi connectivity index (χ4v) is 5.41. The number of ether oxygens (including phenoxy) is 2. The summed E-state index contributed by atoms with van der Waals surface area (Å²) in [5.74, 6) is -0.221. The van der Waals surface area contributed by atoms with Gasteiger partial charge in [0.2, 0.25) is 5.91 Å². The van der Waals surface area contributed by atoms with Gasteiger partial charge in [-0.2, -0.15) is 0 Å². The molecule has 1 aliphatic heterocycles.